The van der Waals surface area contributed by atoms with Crippen molar-refractivity contribution in [1.82, 2.24) is 14.9 Å². The van der Waals surface area contributed by atoms with Gasteiger partial charge in [-0.2, -0.15) is 4.98 Å². The van der Waals surface area contributed by atoms with Crippen LogP contribution in [0.4, 0.5) is 8.78 Å². The topological polar surface area (TPSA) is 111 Å². The Morgan fingerprint density at radius 3 is 2.70 bits per heavy atom. The molecule has 0 saturated carbocycles. The maximum atomic E-state index is 13.6. The average molecular weight is 304 g/mol. The second-order valence-electron chi connectivity index (χ2n) is 3.77. The summed E-state index contributed by atoms with van der Waals surface area (Å²) in [7, 11) is -4.26. The van der Waals surface area contributed by atoms with Crippen LogP contribution in [0.15, 0.2) is 27.9 Å². The lowest BCUT2D eigenvalue weighted by Gasteiger charge is -2.08. The van der Waals surface area contributed by atoms with E-state index in [0.717, 1.165) is 18.5 Å². The third-order valence-corrected chi connectivity index (χ3v) is 3.81. The molecule has 0 aliphatic rings. The van der Waals surface area contributed by atoms with Gasteiger partial charge in [0, 0.05) is 6.54 Å². The predicted octanol–water partition coefficient (Wildman–Crippen LogP) is 0.285. The fourth-order valence-corrected chi connectivity index (χ4v) is 2.55. The number of sulfonamides is 1. The molecule has 3 N–H and O–H groups in total. The highest BCUT2D eigenvalue weighted by Crippen LogP contribution is 2.19. The number of nitrogens with two attached hydrogens (primary N) is 1. The van der Waals surface area contributed by atoms with Gasteiger partial charge in [0.15, 0.2) is 17.5 Å². The largest absolute Gasteiger partial charge is 0.343 e. The van der Waals surface area contributed by atoms with E-state index in [4.69, 9.17) is 5.73 Å². The SMILES string of the molecule is NCc1cc(F)c(F)c(S(=O)(=O)NCc2ncon2)c1. The molecule has 7 nitrogen and oxygen atoms in total. The summed E-state index contributed by atoms with van der Waals surface area (Å²) >= 11 is 0. The van der Waals surface area contributed by atoms with E-state index in [1.807, 2.05) is 4.72 Å². The smallest absolute Gasteiger partial charge is 0.244 e. The van der Waals surface area contributed by atoms with Gasteiger partial charge in [0.05, 0.1) is 6.54 Å². The second kappa shape index (κ2) is 5.61. The molecule has 2 aromatic rings. The van der Waals surface area contributed by atoms with Gasteiger partial charge < -0.3 is 10.3 Å². The minimum Gasteiger partial charge on any atom is -0.343 e. The number of aromatic nitrogens is 2. The Morgan fingerprint density at radius 1 is 1.35 bits per heavy atom. The minimum absolute atomic E-state index is 0.0597. The summed E-state index contributed by atoms with van der Waals surface area (Å²) in [4.78, 5) is 2.78. The summed E-state index contributed by atoms with van der Waals surface area (Å²) < 4.78 is 57.2. The minimum atomic E-state index is -4.26. The molecule has 0 aliphatic carbocycles. The first-order valence-corrected chi connectivity index (χ1v) is 6.85. The first-order chi connectivity index (χ1) is 9.44. The normalized spacial score (nSPS) is 11.8. The summed E-state index contributed by atoms with van der Waals surface area (Å²) in [5.41, 5.74) is 5.45. The van der Waals surface area contributed by atoms with E-state index in [1.54, 1.807) is 0 Å². The van der Waals surface area contributed by atoms with Gasteiger partial charge in [0.25, 0.3) is 0 Å². The van der Waals surface area contributed by atoms with Crippen molar-refractivity contribution < 1.29 is 21.7 Å². The lowest BCUT2D eigenvalue weighted by atomic mass is 10.2. The van der Waals surface area contributed by atoms with Crippen molar-refractivity contribution in [2.45, 2.75) is 18.0 Å². The lowest BCUT2D eigenvalue weighted by molar-refractivity contribution is 0.409. The molecule has 0 spiro atoms. The van der Waals surface area contributed by atoms with Crippen molar-refractivity contribution in [3.8, 4) is 0 Å². The molecule has 108 valence electrons. The molecule has 0 radical (unpaired) electrons. The van der Waals surface area contributed by atoms with Gasteiger partial charge in [-0.25, -0.2) is 21.9 Å². The second-order valence-corrected chi connectivity index (χ2v) is 5.50. The van der Waals surface area contributed by atoms with Crippen molar-refractivity contribution >= 4 is 10.0 Å². The third kappa shape index (κ3) is 2.98. The molecule has 10 heteroatoms. The standard InChI is InChI=1S/C10H10F2N4O3S/c11-7-1-6(3-13)2-8(10(7)12)20(17,18)15-4-9-14-5-19-16-9/h1-2,5,15H,3-4,13H2. The van der Waals surface area contributed by atoms with E-state index in [2.05, 4.69) is 14.7 Å². The first kappa shape index (κ1) is 14.5. The number of hydrogen-bond acceptors (Lipinski definition) is 6. The van der Waals surface area contributed by atoms with Crippen LogP contribution in [0, 0.1) is 11.6 Å². The molecule has 0 unspecified atom stereocenters. The summed E-state index contributed by atoms with van der Waals surface area (Å²) in [6.45, 7) is -0.433. The molecule has 1 heterocycles. The molecule has 0 bridgehead atoms. The molecule has 0 amide bonds. The molecule has 20 heavy (non-hydrogen) atoms. The van der Waals surface area contributed by atoms with Gasteiger partial charge >= 0.3 is 0 Å². The van der Waals surface area contributed by atoms with Crippen molar-refractivity contribution in [1.29, 1.82) is 0 Å². The van der Waals surface area contributed by atoms with Gasteiger partial charge in [0.1, 0.15) is 4.90 Å². The van der Waals surface area contributed by atoms with Crippen molar-refractivity contribution in [2.75, 3.05) is 0 Å². The quantitative estimate of drug-likeness (QED) is 0.821. The first-order valence-electron chi connectivity index (χ1n) is 5.37. The maximum absolute atomic E-state index is 13.6. The number of benzene rings is 1. The number of nitrogens with one attached hydrogen (secondary N) is 1. The zero-order chi connectivity index (χ0) is 14.8. The van der Waals surface area contributed by atoms with Gasteiger partial charge in [0.2, 0.25) is 16.4 Å². The van der Waals surface area contributed by atoms with Crippen LogP contribution < -0.4 is 10.5 Å². The van der Waals surface area contributed by atoms with Crippen LogP contribution in [0.2, 0.25) is 0 Å². The van der Waals surface area contributed by atoms with E-state index < -0.39 is 26.6 Å². The Bertz CT molecular complexity index is 704. The summed E-state index contributed by atoms with van der Waals surface area (Å²) in [5, 5.41) is 3.39. The molecule has 1 aromatic heterocycles. The molecule has 0 aliphatic heterocycles. The zero-order valence-electron chi connectivity index (χ0n) is 10.0. The average Bonchev–Trinajstić information content (AvgIpc) is 2.92. The van der Waals surface area contributed by atoms with Crippen LogP contribution >= 0.6 is 0 Å². The van der Waals surface area contributed by atoms with Gasteiger partial charge in [-0.1, -0.05) is 5.16 Å². The van der Waals surface area contributed by atoms with Crippen molar-refractivity contribution in [2.24, 2.45) is 5.73 Å². The number of rotatable bonds is 5. The van der Waals surface area contributed by atoms with Crippen LogP contribution in [-0.4, -0.2) is 18.6 Å². The molecule has 2 rings (SSSR count). The Labute approximate surface area is 112 Å². The molecule has 1 aromatic carbocycles. The highest BCUT2D eigenvalue weighted by Gasteiger charge is 2.23. The third-order valence-electron chi connectivity index (χ3n) is 2.41. The Balaban J connectivity index is 2.31. The van der Waals surface area contributed by atoms with E-state index in [0.29, 0.717) is 0 Å². The van der Waals surface area contributed by atoms with Crippen LogP contribution in [0.25, 0.3) is 0 Å². The maximum Gasteiger partial charge on any atom is 0.244 e. The van der Waals surface area contributed by atoms with Crippen LogP contribution in [0.3, 0.4) is 0 Å². The highest BCUT2D eigenvalue weighted by atomic mass is 32.2. The van der Waals surface area contributed by atoms with Crippen LogP contribution in [0.5, 0.6) is 0 Å². The summed E-state index contributed by atoms with van der Waals surface area (Å²) in [6.07, 6.45) is 1.01. The predicted molar refractivity (Wildman–Crippen MR) is 62.6 cm³/mol. The zero-order valence-corrected chi connectivity index (χ0v) is 10.8. The van der Waals surface area contributed by atoms with Crippen LogP contribution in [0.1, 0.15) is 11.4 Å². The molecular formula is C10H10F2N4O3S. The number of nitrogens with zero attached hydrogens (tertiary/aromatic N) is 2. The van der Waals surface area contributed by atoms with E-state index in [9.17, 15) is 17.2 Å². The fraction of sp³-hybridized carbons (Fsp3) is 0.200. The number of hydrogen-bond donors (Lipinski definition) is 2. The molecule has 0 fully saturated rings. The van der Waals surface area contributed by atoms with Gasteiger partial charge in [-0.05, 0) is 17.7 Å². The Hall–Kier alpha value is -1.91. The monoisotopic (exact) mass is 304 g/mol. The summed E-state index contributed by atoms with van der Waals surface area (Å²) in [6, 6.07) is 1.81. The van der Waals surface area contributed by atoms with E-state index >= 15 is 0 Å². The van der Waals surface area contributed by atoms with Crippen molar-refractivity contribution in [3.63, 3.8) is 0 Å². The molecule has 0 atom stereocenters. The summed E-state index contributed by atoms with van der Waals surface area (Å²) in [5.74, 6) is -2.69. The van der Waals surface area contributed by atoms with E-state index in [-0.39, 0.29) is 24.5 Å². The van der Waals surface area contributed by atoms with Crippen LogP contribution in [-0.2, 0) is 23.1 Å². The lowest BCUT2D eigenvalue weighted by Crippen LogP contribution is -2.25. The van der Waals surface area contributed by atoms with Crippen molar-refractivity contribution in [3.05, 3.63) is 41.5 Å². The van der Waals surface area contributed by atoms with E-state index in [1.165, 1.54) is 0 Å². The van der Waals surface area contributed by atoms with Gasteiger partial charge in [-0.15, -0.1) is 0 Å². The fourth-order valence-electron chi connectivity index (χ4n) is 1.44. The molecule has 0 saturated heterocycles. The number of halogens is 2. The van der Waals surface area contributed by atoms with Gasteiger partial charge in [-0.3, -0.25) is 0 Å². The highest BCUT2D eigenvalue weighted by molar-refractivity contribution is 7.89. The molecular weight excluding hydrogens is 294 g/mol. The Morgan fingerprint density at radius 2 is 2.10 bits per heavy atom. The Kier molecular flexibility index (Phi) is 4.06.